The Morgan fingerprint density at radius 3 is 2.52 bits per heavy atom. The van der Waals surface area contributed by atoms with E-state index in [0.29, 0.717) is 49.5 Å². The summed E-state index contributed by atoms with van der Waals surface area (Å²) < 4.78 is 24.7. The van der Waals surface area contributed by atoms with Crippen LogP contribution < -0.4 is 29.1 Å². The number of aromatic nitrogens is 1. The van der Waals surface area contributed by atoms with E-state index in [-0.39, 0.29) is 24.5 Å². The van der Waals surface area contributed by atoms with Crippen LogP contribution in [0.1, 0.15) is 35.2 Å². The summed E-state index contributed by atoms with van der Waals surface area (Å²) in [6.45, 7) is 2.42. The third-order valence-corrected chi connectivity index (χ3v) is 8.82. The minimum atomic E-state index is -0.814. The lowest BCUT2D eigenvalue weighted by Gasteiger charge is -2.26. The van der Waals surface area contributed by atoms with Crippen LogP contribution in [-0.4, -0.2) is 23.9 Å². The number of esters is 1. The molecule has 0 radical (unpaired) electrons. The molecule has 10 heteroatoms. The molecule has 0 aliphatic carbocycles. The maximum atomic E-state index is 14.2. The molecule has 46 heavy (non-hydrogen) atoms. The van der Waals surface area contributed by atoms with Crippen LogP contribution in [0.15, 0.2) is 112 Å². The van der Waals surface area contributed by atoms with Gasteiger partial charge in [-0.25, -0.2) is 9.79 Å². The summed E-state index contributed by atoms with van der Waals surface area (Å²) in [4.78, 5) is 33.2. The number of thiazole rings is 1. The number of benzene rings is 4. The van der Waals surface area contributed by atoms with Gasteiger partial charge >= 0.3 is 5.97 Å². The van der Waals surface area contributed by atoms with E-state index in [1.807, 2.05) is 91.0 Å². The van der Waals surface area contributed by atoms with Gasteiger partial charge in [-0.15, -0.1) is 0 Å². The van der Waals surface area contributed by atoms with Crippen LogP contribution in [0.25, 0.3) is 11.8 Å². The molecule has 1 atom stereocenters. The van der Waals surface area contributed by atoms with Crippen molar-refractivity contribution in [2.75, 3.05) is 13.4 Å². The second-order valence-corrected chi connectivity index (χ2v) is 12.0. The number of hydrogen-bond donors (Lipinski definition) is 0. The van der Waals surface area contributed by atoms with E-state index >= 15 is 0 Å². The van der Waals surface area contributed by atoms with Gasteiger partial charge in [0.25, 0.3) is 5.56 Å². The van der Waals surface area contributed by atoms with Gasteiger partial charge < -0.3 is 18.9 Å². The molecule has 0 saturated carbocycles. The molecule has 2 aliphatic heterocycles. The summed E-state index contributed by atoms with van der Waals surface area (Å²) in [6, 6.07) is 29.1. The highest BCUT2D eigenvalue weighted by molar-refractivity contribution is 7.07. The van der Waals surface area contributed by atoms with Crippen molar-refractivity contribution in [3.05, 3.63) is 150 Å². The molecule has 3 heterocycles. The van der Waals surface area contributed by atoms with Crippen LogP contribution in [0.2, 0.25) is 5.02 Å². The van der Waals surface area contributed by atoms with Gasteiger partial charge in [0, 0.05) is 10.6 Å². The van der Waals surface area contributed by atoms with Crippen molar-refractivity contribution in [3.63, 3.8) is 0 Å². The molecule has 0 saturated heterocycles. The molecule has 230 valence electrons. The average molecular weight is 651 g/mol. The molecule has 4 aromatic carbocycles. The van der Waals surface area contributed by atoms with E-state index in [1.54, 1.807) is 23.6 Å². The van der Waals surface area contributed by atoms with E-state index < -0.39 is 12.0 Å². The zero-order valence-corrected chi connectivity index (χ0v) is 26.2. The van der Waals surface area contributed by atoms with Crippen molar-refractivity contribution in [1.82, 2.24) is 4.57 Å². The van der Waals surface area contributed by atoms with Crippen LogP contribution in [-0.2, 0) is 16.1 Å². The first kappa shape index (κ1) is 29.6. The molecule has 0 fully saturated rings. The van der Waals surface area contributed by atoms with Gasteiger partial charge in [-0.2, -0.15) is 0 Å². The predicted molar refractivity (Wildman–Crippen MR) is 176 cm³/mol. The lowest BCUT2D eigenvalue weighted by molar-refractivity contribution is -0.138. The second-order valence-electron chi connectivity index (χ2n) is 10.5. The van der Waals surface area contributed by atoms with E-state index in [2.05, 4.69) is 0 Å². The van der Waals surface area contributed by atoms with Crippen LogP contribution in [0.5, 0.6) is 17.2 Å². The van der Waals surface area contributed by atoms with Crippen LogP contribution in [0.3, 0.4) is 0 Å². The largest absolute Gasteiger partial charge is 0.489 e. The van der Waals surface area contributed by atoms with Gasteiger partial charge in [0.15, 0.2) is 16.3 Å². The van der Waals surface area contributed by atoms with Crippen LogP contribution in [0, 0.1) is 0 Å². The molecular formula is C36H27ClN2O6S. The lowest BCUT2D eigenvalue weighted by Crippen LogP contribution is -2.40. The van der Waals surface area contributed by atoms with Crippen LogP contribution >= 0.6 is 22.9 Å². The Balaban J connectivity index is 1.31. The number of halogens is 1. The molecular weight excluding hydrogens is 624 g/mol. The van der Waals surface area contributed by atoms with Crippen molar-refractivity contribution in [2.45, 2.75) is 19.6 Å². The fourth-order valence-corrected chi connectivity index (χ4v) is 6.52. The summed E-state index contributed by atoms with van der Waals surface area (Å²) >= 11 is 7.24. The fourth-order valence-electron chi connectivity index (χ4n) is 5.40. The monoisotopic (exact) mass is 650 g/mol. The smallest absolute Gasteiger partial charge is 0.338 e. The molecule has 0 amide bonds. The van der Waals surface area contributed by atoms with E-state index in [4.69, 9.17) is 35.5 Å². The van der Waals surface area contributed by atoms with E-state index in [1.165, 1.54) is 11.3 Å². The average Bonchev–Trinajstić information content (AvgIpc) is 3.68. The highest BCUT2D eigenvalue weighted by Crippen LogP contribution is 2.40. The zero-order chi connectivity index (χ0) is 31.6. The molecule has 0 N–H and O–H groups in total. The molecule has 0 spiro atoms. The number of carbonyl (C=O) groups excluding carboxylic acids is 1. The standard InChI is InChI=1S/C36H27ClN2O6S/c1-2-42-35(41)31-32(24-6-4-3-5-7-24)38-36-39(33(31)25-12-17-28-29(19-25)45-21-44-28)34(40)30(46-36)18-22-10-15-27(16-11-22)43-20-23-8-13-26(37)14-9-23/h3-19,33H,2,20-21H2,1H3/b30-18-/t33-/m0/s1. The van der Waals surface area contributed by atoms with Crippen molar-refractivity contribution < 1.29 is 23.7 Å². The topological polar surface area (TPSA) is 88.4 Å². The Morgan fingerprint density at radius 1 is 1.00 bits per heavy atom. The summed E-state index contributed by atoms with van der Waals surface area (Å²) in [7, 11) is 0. The molecule has 0 unspecified atom stereocenters. The third-order valence-electron chi connectivity index (χ3n) is 7.58. The number of ether oxygens (including phenoxy) is 4. The molecule has 7 rings (SSSR count). The van der Waals surface area contributed by atoms with Gasteiger partial charge in [0.2, 0.25) is 6.79 Å². The van der Waals surface area contributed by atoms with Crippen molar-refractivity contribution in [1.29, 1.82) is 0 Å². The highest BCUT2D eigenvalue weighted by Gasteiger charge is 2.36. The highest BCUT2D eigenvalue weighted by atomic mass is 35.5. The maximum Gasteiger partial charge on any atom is 0.338 e. The summed E-state index contributed by atoms with van der Waals surface area (Å²) in [5.74, 6) is 1.29. The summed E-state index contributed by atoms with van der Waals surface area (Å²) in [6.07, 6.45) is 1.82. The van der Waals surface area contributed by atoms with Gasteiger partial charge in [0.05, 0.1) is 28.5 Å². The van der Waals surface area contributed by atoms with Crippen molar-refractivity contribution >= 4 is 40.7 Å². The Hall–Kier alpha value is -5.12. The fraction of sp³-hybridized carbons (Fsp3) is 0.139. The first-order valence-corrected chi connectivity index (χ1v) is 15.8. The minimum Gasteiger partial charge on any atom is -0.489 e. The molecule has 8 nitrogen and oxygen atoms in total. The van der Waals surface area contributed by atoms with Gasteiger partial charge in [-0.1, -0.05) is 83.6 Å². The molecule has 0 bridgehead atoms. The normalized spacial score (nSPS) is 15.3. The number of fused-ring (bicyclic) bond motifs is 2. The van der Waals surface area contributed by atoms with Gasteiger partial charge in [-0.05, 0) is 66.1 Å². The van der Waals surface area contributed by atoms with E-state index in [0.717, 1.165) is 16.7 Å². The number of rotatable bonds is 8. The molecule has 1 aromatic heterocycles. The number of hydrogen-bond acceptors (Lipinski definition) is 8. The quantitative estimate of drug-likeness (QED) is 0.195. The van der Waals surface area contributed by atoms with Gasteiger partial charge in [-0.3, -0.25) is 9.36 Å². The minimum absolute atomic E-state index is 0.0995. The zero-order valence-electron chi connectivity index (χ0n) is 24.6. The van der Waals surface area contributed by atoms with Crippen molar-refractivity contribution in [2.24, 2.45) is 4.99 Å². The first-order valence-electron chi connectivity index (χ1n) is 14.6. The Kier molecular flexibility index (Phi) is 8.17. The Labute approximate surface area is 273 Å². The summed E-state index contributed by atoms with van der Waals surface area (Å²) in [5.41, 5.74) is 3.68. The first-order chi connectivity index (χ1) is 22.5. The number of nitrogens with zero attached hydrogens (tertiary/aromatic N) is 2. The Morgan fingerprint density at radius 2 is 1.76 bits per heavy atom. The lowest BCUT2D eigenvalue weighted by atomic mass is 9.93. The van der Waals surface area contributed by atoms with E-state index in [9.17, 15) is 9.59 Å². The second kappa shape index (κ2) is 12.7. The third kappa shape index (κ3) is 5.82. The SMILES string of the molecule is CCOC(=O)C1=C(c2ccccc2)N=c2s/c(=C\c3ccc(OCc4ccc(Cl)cc4)cc3)c(=O)n2[C@H]1c1ccc2c(c1)OCO2. The molecule has 5 aromatic rings. The number of carbonyl (C=O) groups is 1. The maximum absolute atomic E-state index is 14.2. The Bertz CT molecular complexity index is 2140. The molecule has 2 aliphatic rings. The summed E-state index contributed by atoms with van der Waals surface area (Å²) in [5, 5.41) is 0.675. The predicted octanol–water partition coefficient (Wildman–Crippen LogP) is 5.90. The van der Waals surface area contributed by atoms with Crippen LogP contribution in [0.4, 0.5) is 0 Å². The van der Waals surface area contributed by atoms with Crippen molar-refractivity contribution in [3.8, 4) is 17.2 Å². The van der Waals surface area contributed by atoms with Gasteiger partial charge in [0.1, 0.15) is 12.4 Å².